The molecule has 7 heteroatoms. The van der Waals surface area contributed by atoms with Crippen LogP contribution in [0, 0.1) is 5.41 Å². The summed E-state index contributed by atoms with van der Waals surface area (Å²) in [6, 6.07) is 7.30. The average molecular weight is 363 g/mol. The lowest BCUT2D eigenvalue weighted by Crippen LogP contribution is -2.22. The van der Waals surface area contributed by atoms with Crippen molar-refractivity contribution in [3.8, 4) is 5.75 Å². The maximum absolute atomic E-state index is 7.35. The molecular weight excluding hydrogens is 328 g/mol. The number of guanidine groups is 1. The number of nitrogens with zero attached hydrogens (tertiary/aromatic N) is 1. The number of hydrogen-bond acceptors (Lipinski definition) is 4. The highest BCUT2D eigenvalue weighted by atomic mass is 16.5. The zero-order chi connectivity index (χ0) is 19.0. The fraction of sp³-hybridized carbons (Fsp3) is 0.579. The maximum Gasteiger partial charge on any atom is 0.185 e. The van der Waals surface area contributed by atoms with Crippen LogP contribution >= 0.6 is 0 Å². The predicted molar refractivity (Wildman–Crippen MR) is 109 cm³/mol. The molecule has 0 unspecified atom stereocenters. The molecule has 0 saturated carbocycles. The molecule has 0 spiro atoms. The van der Waals surface area contributed by atoms with Crippen LogP contribution in [0.1, 0.15) is 50.5 Å². The standard InChI is InChI=1S/C19H34N6O/c20-18(21)16-8-10-17(11-9-16)26-15-7-13-24-12-5-3-1-2-4-6-14-25-19(22)23/h8-11,24H,1-7,12-15H2,(H3,20,21)(H4,22,23,25). The van der Waals surface area contributed by atoms with Crippen LogP contribution in [-0.2, 0) is 0 Å². The van der Waals surface area contributed by atoms with E-state index in [9.17, 15) is 0 Å². The summed E-state index contributed by atoms with van der Waals surface area (Å²) in [5.74, 6) is 1.08. The molecule has 0 aliphatic rings. The number of rotatable bonds is 15. The van der Waals surface area contributed by atoms with E-state index in [0.717, 1.165) is 38.2 Å². The number of unbranched alkanes of at least 4 members (excludes halogenated alkanes) is 5. The number of aliphatic imine (C=N–C) groups is 1. The summed E-state index contributed by atoms with van der Waals surface area (Å²) in [5, 5.41) is 10.8. The smallest absolute Gasteiger partial charge is 0.185 e. The Morgan fingerprint density at radius 3 is 2.15 bits per heavy atom. The number of nitrogens with one attached hydrogen (secondary N) is 2. The van der Waals surface area contributed by atoms with E-state index >= 15 is 0 Å². The molecule has 0 saturated heterocycles. The molecule has 0 heterocycles. The first-order valence-electron chi connectivity index (χ1n) is 9.43. The number of nitrogen functional groups attached to an aromatic ring is 1. The molecule has 1 rings (SSSR count). The van der Waals surface area contributed by atoms with Crippen molar-refractivity contribution < 1.29 is 4.74 Å². The van der Waals surface area contributed by atoms with Crippen LogP contribution in [-0.4, -0.2) is 38.0 Å². The van der Waals surface area contributed by atoms with Crippen LogP contribution < -0.4 is 27.3 Å². The summed E-state index contributed by atoms with van der Waals surface area (Å²) in [6.07, 6.45) is 8.20. The minimum atomic E-state index is 0.0756. The Hall–Kier alpha value is -2.28. The molecule has 8 N–H and O–H groups in total. The second-order valence-corrected chi connectivity index (χ2v) is 6.32. The van der Waals surface area contributed by atoms with E-state index in [2.05, 4.69) is 10.3 Å². The third kappa shape index (κ3) is 11.3. The van der Waals surface area contributed by atoms with E-state index in [1.54, 1.807) is 12.1 Å². The molecule has 26 heavy (non-hydrogen) atoms. The largest absolute Gasteiger partial charge is 0.494 e. The van der Waals surface area contributed by atoms with Gasteiger partial charge in [0.05, 0.1) is 6.61 Å². The van der Waals surface area contributed by atoms with Gasteiger partial charge in [-0.3, -0.25) is 10.4 Å². The second-order valence-electron chi connectivity index (χ2n) is 6.32. The van der Waals surface area contributed by atoms with Gasteiger partial charge in [-0.05, 0) is 56.6 Å². The highest BCUT2D eigenvalue weighted by Crippen LogP contribution is 2.11. The first-order chi connectivity index (χ1) is 12.6. The molecule has 1 aromatic rings. The van der Waals surface area contributed by atoms with Gasteiger partial charge >= 0.3 is 0 Å². The Labute approximate surface area is 156 Å². The fourth-order valence-corrected chi connectivity index (χ4v) is 2.52. The van der Waals surface area contributed by atoms with Crippen LogP contribution in [0.5, 0.6) is 5.75 Å². The first kappa shape index (κ1) is 21.8. The summed E-state index contributed by atoms with van der Waals surface area (Å²) in [4.78, 5) is 3.98. The molecule has 0 aromatic heterocycles. The van der Waals surface area contributed by atoms with E-state index in [4.69, 9.17) is 27.3 Å². The van der Waals surface area contributed by atoms with E-state index in [1.807, 2.05) is 12.1 Å². The lowest BCUT2D eigenvalue weighted by atomic mass is 10.1. The maximum atomic E-state index is 7.35. The molecule has 0 fully saturated rings. The number of amidine groups is 1. The molecule has 0 aliphatic carbocycles. The summed E-state index contributed by atoms with van der Waals surface area (Å²) < 4.78 is 5.67. The Morgan fingerprint density at radius 1 is 0.885 bits per heavy atom. The Balaban J connectivity index is 1.86. The molecule has 0 amide bonds. The van der Waals surface area contributed by atoms with Crippen molar-refractivity contribution in [1.29, 1.82) is 5.41 Å². The third-order valence-electron chi connectivity index (χ3n) is 3.99. The summed E-state index contributed by atoms with van der Waals surface area (Å²) >= 11 is 0. The van der Waals surface area contributed by atoms with Crippen LogP contribution in [0.3, 0.4) is 0 Å². The Kier molecular flexibility index (Phi) is 11.7. The van der Waals surface area contributed by atoms with E-state index < -0.39 is 0 Å². The van der Waals surface area contributed by atoms with Gasteiger partial charge in [0.1, 0.15) is 11.6 Å². The fourth-order valence-electron chi connectivity index (χ4n) is 2.52. The van der Waals surface area contributed by atoms with Gasteiger partial charge in [0, 0.05) is 12.1 Å². The summed E-state index contributed by atoms with van der Waals surface area (Å²) in [6.45, 7) is 3.44. The van der Waals surface area contributed by atoms with Gasteiger partial charge in [-0.2, -0.15) is 0 Å². The number of hydrogen-bond donors (Lipinski definition) is 5. The van der Waals surface area contributed by atoms with Crippen molar-refractivity contribution in [3.63, 3.8) is 0 Å². The Bertz CT molecular complexity index is 525. The van der Waals surface area contributed by atoms with Gasteiger partial charge in [0.2, 0.25) is 0 Å². The first-order valence-corrected chi connectivity index (χ1v) is 9.43. The summed E-state index contributed by atoms with van der Waals surface area (Å²) in [5.41, 5.74) is 16.7. The summed E-state index contributed by atoms with van der Waals surface area (Å²) in [7, 11) is 0. The second kappa shape index (κ2) is 13.9. The van der Waals surface area contributed by atoms with Crippen molar-refractivity contribution in [1.82, 2.24) is 5.32 Å². The predicted octanol–water partition coefficient (Wildman–Crippen LogP) is 1.94. The minimum Gasteiger partial charge on any atom is -0.494 e. The third-order valence-corrected chi connectivity index (χ3v) is 3.99. The number of nitrogens with two attached hydrogens (primary N) is 3. The van der Waals surface area contributed by atoms with Crippen molar-refractivity contribution in [2.24, 2.45) is 22.2 Å². The number of ether oxygens (including phenoxy) is 1. The Morgan fingerprint density at radius 2 is 1.50 bits per heavy atom. The van der Waals surface area contributed by atoms with Crippen molar-refractivity contribution in [2.75, 3.05) is 26.2 Å². The quantitative estimate of drug-likeness (QED) is 0.184. The zero-order valence-corrected chi connectivity index (χ0v) is 15.7. The lowest BCUT2D eigenvalue weighted by molar-refractivity contribution is 0.308. The van der Waals surface area contributed by atoms with E-state index in [-0.39, 0.29) is 11.8 Å². The topological polar surface area (TPSA) is 136 Å². The van der Waals surface area contributed by atoms with E-state index in [1.165, 1.54) is 32.1 Å². The zero-order valence-electron chi connectivity index (χ0n) is 15.7. The highest BCUT2D eigenvalue weighted by Gasteiger charge is 1.98. The lowest BCUT2D eigenvalue weighted by Gasteiger charge is -2.08. The van der Waals surface area contributed by atoms with E-state index in [0.29, 0.717) is 12.2 Å². The molecule has 0 atom stereocenters. The molecule has 0 bridgehead atoms. The molecular formula is C19H34N6O. The minimum absolute atomic E-state index is 0.0756. The monoisotopic (exact) mass is 362 g/mol. The molecule has 1 aromatic carbocycles. The van der Waals surface area contributed by atoms with Crippen molar-refractivity contribution in [3.05, 3.63) is 29.8 Å². The SMILES string of the molecule is N=C(N)c1ccc(OCCCNCCCCCCCCN=C(N)N)cc1. The molecule has 146 valence electrons. The molecule has 0 radical (unpaired) electrons. The van der Waals surface area contributed by atoms with Crippen molar-refractivity contribution in [2.45, 2.75) is 44.9 Å². The highest BCUT2D eigenvalue weighted by molar-refractivity contribution is 5.94. The van der Waals surface area contributed by atoms with Crippen LogP contribution in [0.25, 0.3) is 0 Å². The van der Waals surface area contributed by atoms with Gasteiger partial charge in [-0.15, -0.1) is 0 Å². The van der Waals surface area contributed by atoms with Gasteiger partial charge in [-0.1, -0.05) is 25.7 Å². The van der Waals surface area contributed by atoms with Gasteiger partial charge in [-0.25, -0.2) is 0 Å². The molecule has 0 aliphatic heterocycles. The van der Waals surface area contributed by atoms with Crippen LogP contribution in [0.2, 0.25) is 0 Å². The van der Waals surface area contributed by atoms with Crippen LogP contribution in [0.4, 0.5) is 0 Å². The van der Waals surface area contributed by atoms with Gasteiger partial charge in [0.25, 0.3) is 0 Å². The van der Waals surface area contributed by atoms with Gasteiger partial charge < -0.3 is 27.3 Å². The average Bonchev–Trinajstić information content (AvgIpc) is 2.62. The number of benzene rings is 1. The normalized spacial score (nSPS) is 10.5. The van der Waals surface area contributed by atoms with Crippen LogP contribution in [0.15, 0.2) is 29.3 Å². The van der Waals surface area contributed by atoms with Crippen molar-refractivity contribution >= 4 is 11.8 Å². The molecule has 7 nitrogen and oxygen atoms in total. The van der Waals surface area contributed by atoms with Gasteiger partial charge in [0.15, 0.2) is 5.96 Å².